The molecule has 0 atom stereocenters. The van der Waals surface area contributed by atoms with Gasteiger partial charge in [-0.2, -0.15) is 0 Å². The van der Waals surface area contributed by atoms with Crippen molar-refractivity contribution in [2.24, 2.45) is 0 Å². The van der Waals surface area contributed by atoms with E-state index in [9.17, 15) is 4.79 Å². The van der Waals surface area contributed by atoms with Crippen LogP contribution in [0.5, 0.6) is 0 Å². The van der Waals surface area contributed by atoms with Crippen molar-refractivity contribution >= 4 is 44.9 Å². The number of halogens is 1. The Balaban J connectivity index is 1.36. The van der Waals surface area contributed by atoms with Crippen LogP contribution >= 0.6 is 34.7 Å². The van der Waals surface area contributed by atoms with Crippen LogP contribution in [0.2, 0.25) is 5.02 Å². The Kier molecular flexibility index (Phi) is 5.28. The first-order valence-corrected chi connectivity index (χ1v) is 12.8. The number of nitrogens with zero attached hydrogens (tertiary/aromatic N) is 4. The number of hydrogen-bond acceptors (Lipinski definition) is 6. The molecule has 0 radical (unpaired) electrons. The number of para-hydroxylation sites is 1. The summed E-state index contributed by atoms with van der Waals surface area (Å²) in [5.74, 6) is 1.86. The molecule has 2 aromatic carbocycles. The van der Waals surface area contributed by atoms with Gasteiger partial charge in [-0.1, -0.05) is 41.6 Å². The highest BCUT2D eigenvalue weighted by Gasteiger charge is 2.22. The van der Waals surface area contributed by atoms with Crippen LogP contribution in [0.1, 0.15) is 22.7 Å². The molecule has 0 bridgehead atoms. The smallest absolute Gasteiger partial charge is 0.259 e. The number of thioether (sulfide) groups is 1. The lowest BCUT2D eigenvalue weighted by Crippen LogP contribution is -2.11. The number of H-pyrrole nitrogens is 1. The molecular weight excluding hydrogens is 474 g/mol. The number of aromatic amines is 1. The minimum Gasteiger partial charge on any atom is -0.309 e. The fourth-order valence-electron chi connectivity index (χ4n) is 4.21. The summed E-state index contributed by atoms with van der Waals surface area (Å²) in [7, 11) is 0. The summed E-state index contributed by atoms with van der Waals surface area (Å²) in [6.07, 6.45) is 3.15. The number of hydrogen-bond donors (Lipinski definition) is 1. The highest BCUT2D eigenvalue weighted by molar-refractivity contribution is 7.98. The molecule has 1 aliphatic carbocycles. The largest absolute Gasteiger partial charge is 0.309 e. The van der Waals surface area contributed by atoms with Crippen molar-refractivity contribution in [2.45, 2.75) is 30.2 Å². The van der Waals surface area contributed by atoms with Crippen LogP contribution in [-0.4, -0.2) is 24.7 Å². The summed E-state index contributed by atoms with van der Waals surface area (Å²) in [6, 6.07) is 17.5. The molecule has 0 fully saturated rings. The molecule has 6 nitrogen and oxygen atoms in total. The van der Waals surface area contributed by atoms with Gasteiger partial charge in [0.1, 0.15) is 10.7 Å². The van der Waals surface area contributed by atoms with Gasteiger partial charge in [0.2, 0.25) is 0 Å². The third-order valence-corrected chi connectivity index (χ3v) is 8.09. The zero-order chi connectivity index (χ0) is 22.4. The Morgan fingerprint density at radius 3 is 2.70 bits per heavy atom. The number of thiophene rings is 1. The van der Waals surface area contributed by atoms with E-state index in [4.69, 9.17) is 16.6 Å². The van der Waals surface area contributed by atoms with Gasteiger partial charge in [0.15, 0.2) is 11.0 Å². The van der Waals surface area contributed by atoms with Gasteiger partial charge in [0.05, 0.1) is 11.1 Å². The number of fused-ring (bicyclic) bond motifs is 3. The maximum Gasteiger partial charge on any atom is 0.259 e. The molecule has 0 unspecified atom stereocenters. The van der Waals surface area contributed by atoms with Crippen molar-refractivity contribution in [1.29, 1.82) is 0 Å². The Morgan fingerprint density at radius 2 is 1.88 bits per heavy atom. The van der Waals surface area contributed by atoms with Crippen LogP contribution in [0.15, 0.2) is 64.5 Å². The average molecular weight is 492 g/mol. The lowest BCUT2D eigenvalue weighted by molar-refractivity contribution is 0.883. The predicted molar refractivity (Wildman–Crippen MR) is 134 cm³/mol. The van der Waals surface area contributed by atoms with Gasteiger partial charge in [-0.3, -0.25) is 9.36 Å². The molecular formula is C24H18ClN5OS2. The monoisotopic (exact) mass is 491 g/mol. The van der Waals surface area contributed by atoms with Crippen molar-refractivity contribution < 1.29 is 0 Å². The van der Waals surface area contributed by atoms with Crippen LogP contribution < -0.4 is 5.56 Å². The van der Waals surface area contributed by atoms with Gasteiger partial charge in [-0.25, -0.2) is 4.98 Å². The summed E-state index contributed by atoms with van der Waals surface area (Å²) in [4.78, 5) is 22.7. The molecule has 1 N–H and O–H groups in total. The lowest BCUT2D eigenvalue weighted by atomic mass is 10.2. The van der Waals surface area contributed by atoms with E-state index >= 15 is 0 Å². The van der Waals surface area contributed by atoms with E-state index in [1.807, 2.05) is 59.2 Å². The molecule has 0 aliphatic heterocycles. The predicted octanol–water partition coefficient (Wildman–Crippen LogP) is 5.67. The van der Waals surface area contributed by atoms with Crippen molar-refractivity contribution in [3.63, 3.8) is 0 Å². The third kappa shape index (κ3) is 3.78. The van der Waals surface area contributed by atoms with Crippen molar-refractivity contribution in [2.75, 3.05) is 0 Å². The van der Waals surface area contributed by atoms with Gasteiger partial charge in [-0.05, 0) is 61.2 Å². The maximum atomic E-state index is 12.8. The summed E-state index contributed by atoms with van der Waals surface area (Å²) < 4.78 is 2.02. The molecule has 5 aromatic rings. The lowest BCUT2D eigenvalue weighted by Gasteiger charge is -2.10. The Morgan fingerprint density at radius 1 is 1.06 bits per heavy atom. The fourth-order valence-corrected chi connectivity index (χ4v) is 6.44. The molecule has 0 saturated carbocycles. The SMILES string of the molecule is O=c1[nH]c(CSc2nnc(-c3ccc(Cl)cc3)n2-c2ccccc2)nc2sc3c(c12)CCC3. The minimum atomic E-state index is -0.0404. The zero-order valence-electron chi connectivity index (χ0n) is 17.4. The van der Waals surface area contributed by atoms with Crippen LogP contribution in [-0.2, 0) is 18.6 Å². The average Bonchev–Trinajstić information content (AvgIpc) is 3.53. The van der Waals surface area contributed by atoms with Crippen molar-refractivity contribution in [3.8, 4) is 17.1 Å². The van der Waals surface area contributed by atoms with E-state index in [2.05, 4.69) is 15.2 Å². The number of aromatic nitrogens is 5. The second-order valence-electron chi connectivity index (χ2n) is 7.82. The first kappa shape index (κ1) is 20.7. The van der Waals surface area contributed by atoms with Gasteiger partial charge in [0.25, 0.3) is 5.56 Å². The van der Waals surface area contributed by atoms with Crippen LogP contribution in [0, 0.1) is 0 Å². The highest BCUT2D eigenvalue weighted by atomic mass is 35.5. The van der Waals surface area contributed by atoms with Gasteiger partial charge >= 0.3 is 0 Å². The van der Waals surface area contributed by atoms with Crippen LogP contribution in [0.4, 0.5) is 0 Å². The van der Waals surface area contributed by atoms with E-state index in [0.29, 0.717) is 16.6 Å². The second-order valence-corrected chi connectivity index (χ2v) is 10.3. The third-order valence-electron chi connectivity index (χ3n) is 5.71. The molecule has 3 heterocycles. The van der Waals surface area contributed by atoms with E-state index < -0.39 is 0 Å². The van der Waals surface area contributed by atoms with Crippen LogP contribution in [0.25, 0.3) is 27.3 Å². The first-order chi connectivity index (χ1) is 16.2. The number of aryl methyl sites for hydroxylation is 2. The molecule has 164 valence electrons. The summed E-state index contributed by atoms with van der Waals surface area (Å²) >= 11 is 9.23. The van der Waals surface area contributed by atoms with Crippen molar-refractivity contribution in [3.05, 3.63) is 86.2 Å². The maximum absolute atomic E-state index is 12.8. The Labute approximate surface area is 202 Å². The number of rotatable bonds is 5. The molecule has 3 aromatic heterocycles. The minimum absolute atomic E-state index is 0.0404. The molecule has 0 saturated heterocycles. The molecule has 1 aliphatic rings. The van der Waals surface area contributed by atoms with Gasteiger partial charge in [-0.15, -0.1) is 21.5 Å². The topological polar surface area (TPSA) is 76.5 Å². The quantitative estimate of drug-likeness (QED) is 0.321. The molecule has 0 spiro atoms. The fraction of sp³-hybridized carbons (Fsp3) is 0.167. The van der Waals surface area contributed by atoms with Gasteiger partial charge < -0.3 is 4.98 Å². The van der Waals surface area contributed by atoms with E-state index in [-0.39, 0.29) is 5.56 Å². The summed E-state index contributed by atoms with van der Waals surface area (Å²) in [5.41, 5.74) is 3.03. The number of nitrogens with one attached hydrogen (secondary N) is 1. The molecule has 9 heteroatoms. The Bertz CT molecular complexity index is 1520. The van der Waals surface area contributed by atoms with E-state index in [0.717, 1.165) is 51.7 Å². The normalized spacial score (nSPS) is 13.0. The second kappa shape index (κ2) is 8.44. The van der Waals surface area contributed by atoms with Crippen LogP contribution in [0.3, 0.4) is 0 Å². The summed E-state index contributed by atoms with van der Waals surface area (Å²) in [6.45, 7) is 0. The first-order valence-electron chi connectivity index (χ1n) is 10.6. The van der Waals surface area contributed by atoms with Crippen molar-refractivity contribution in [1.82, 2.24) is 24.7 Å². The number of benzene rings is 2. The molecule has 0 amide bonds. The summed E-state index contributed by atoms with van der Waals surface area (Å²) in [5, 5.41) is 11.1. The molecule has 6 rings (SSSR count). The van der Waals surface area contributed by atoms with E-state index in [1.54, 1.807) is 11.3 Å². The Hall–Kier alpha value is -2.94. The van der Waals surface area contributed by atoms with E-state index in [1.165, 1.54) is 22.2 Å². The standard InChI is InChI=1S/C24H18ClN5OS2/c25-15-11-9-14(10-12-15)21-28-29-24(30(21)16-5-2-1-3-6-16)32-13-19-26-22(31)20-17-7-4-8-18(17)33-23(20)27-19/h1-3,5-6,9-12H,4,7-8,13H2,(H,26,27,31). The molecule has 33 heavy (non-hydrogen) atoms. The zero-order valence-corrected chi connectivity index (χ0v) is 19.8. The van der Waals surface area contributed by atoms with Gasteiger partial charge in [0, 0.05) is 21.2 Å². The highest BCUT2D eigenvalue weighted by Crippen LogP contribution is 2.35.